The molecule has 1 aromatic heterocycles. The Kier molecular flexibility index (Phi) is 10.3. The summed E-state index contributed by atoms with van der Waals surface area (Å²) in [5, 5.41) is 12.6. The molecule has 1 atom stereocenters. The van der Waals surface area contributed by atoms with Gasteiger partial charge in [-0.15, -0.1) is 10.2 Å². The standard InChI is InChI=1S/C25H30ClN5O4S/c1-4-16(3)18-6-8-19(9-7-18)34-10-11-35-24-20(26)12-17(13-21(24)33-5-2)15-28-29-22(32)14-23-30-31-25(27)36-23/h6-9,12-13,15-16H,4-5,10-11,14H2,1-3H3,(H2,27,31)(H,29,32)/b28-15-/t16-/m0/s1. The molecule has 3 aromatic rings. The minimum Gasteiger partial charge on any atom is -0.490 e. The van der Waals surface area contributed by atoms with Gasteiger partial charge >= 0.3 is 0 Å². The van der Waals surface area contributed by atoms with Crippen LogP contribution in [0.3, 0.4) is 0 Å². The summed E-state index contributed by atoms with van der Waals surface area (Å²) >= 11 is 7.61. The molecule has 0 aliphatic carbocycles. The number of amides is 1. The first-order valence-corrected chi connectivity index (χ1v) is 12.8. The summed E-state index contributed by atoms with van der Waals surface area (Å²) in [5.41, 5.74) is 9.89. The van der Waals surface area contributed by atoms with Crippen LogP contribution in [0.2, 0.25) is 5.02 Å². The summed E-state index contributed by atoms with van der Waals surface area (Å²) in [4.78, 5) is 12.0. The number of carbonyl (C=O) groups excluding carboxylic acids is 1. The van der Waals surface area contributed by atoms with Crippen molar-refractivity contribution in [3.63, 3.8) is 0 Å². The van der Waals surface area contributed by atoms with Crippen molar-refractivity contribution in [1.82, 2.24) is 15.6 Å². The van der Waals surface area contributed by atoms with Crippen LogP contribution in [0.5, 0.6) is 17.2 Å². The molecule has 0 radical (unpaired) electrons. The van der Waals surface area contributed by atoms with Gasteiger partial charge < -0.3 is 19.9 Å². The van der Waals surface area contributed by atoms with Gasteiger partial charge in [0.05, 0.1) is 24.3 Å². The number of hydrogen-bond donors (Lipinski definition) is 2. The number of nitrogens with zero attached hydrogens (tertiary/aromatic N) is 3. The highest BCUT2D eigenvalue weighted by molar-refractivity contribution is 7.15. The third-order valence-electron chi connectivity index (χ3n) is 5.19. The van der Waals surface area contributed by atoms with Crippen molar-refractivity contribution in [2.75, 3.05) is 25.6 Å². The van der Waals surface area contributed by atoms with Crippen molar-refractivity contribution < 1.29 is 19.0 Å². The number of ether oxygens (including phenoxy) is 3. The number of nitrogens with one attached hydrogen (secondary N) is 1. The predicted octanol–water partition coefficient (Wildman–Crippen LogP) is 4.84. The molecule has 1 amide bonds. The number of hydrogen-bond acceptors (Lipinski definition) is 9. The maximum Gasteiger partial charge on any atom is 0.247 e. The van der Waals surface area contributed by atoms with Gasteiger partial charge in [0.25, 0.3) is 0 Å². The van der Waals surface area contributed by atoms with E-state index < -0.39 is 0 Å². The fourth-order valence-electron chi connectivity index (χ4n) is 3.19. The molecule has 0 saturated heterocycles. The topological polar surface area (TPSA) is 121 Å². The van der Waals surface area contributed by atoms with Gasteiger partial charge in [-0.1, -0.05) is 48.9 Å². The Morgan fingerprint density at radius 2 is 1.92 bits per heavy atom. The van der Waals surface area contributed by atoms with Crippen LogP contribution in [-0.4, -0.2) is 42.1 Å². The first-order chi connectivity index (χ1) is 17.4. The average molecular weight is 532 g/mol. The van der Waals surface area contributed by atoms with Gasteiger partial charge in [-0.3, -0.25) is 4.79 Å². The van der Waals surface area contributed by atoms with Gasteiger partial charge in [0, 0.05) is 0 Å². The van der Waals surface area contributed by atoms with Gasteiger partial charge in [-0.25, -0.2) is 5.43 Å². The fourth-order valence-corrected chi connectivity index (χ4v) is 4.07. The lowest BCUT2D eigenvalue weighted by molar-refractivity contribution is -0.120. The first kappa shape index (κ1) is 27.2. The molecule has 0 fully saturated rings. The molecule has 0 saturated carbocycles. The molecule has 3 rings (SSSR count). The Balaban J connectivity index is 1.54. The molecule has 0 aliphatic heterocycles. The minimum absolute atomic E-state index is 0.0357. The predicted molar refractivity (Wildman–Crippen MR) is 143 cm³/mol. The van der Waals surface area contributed by atoms with E-state index in [0.29, 0.717) is 51.4 Å². The zero-order chi connectivity index (χ0) is 25.9. The largest absolute Gasteiger partial charge is 0.490 e. The quantitative estimate of drug-likeness (QED) is 0.184. The van der Waals surface area contributed by atoms with E-state index in [9.17, 15) is 4.79 Å². The van der Waals surface area contributed by atoms with E-state index in [-0.39, 0.29) is 18.9 Å². The molecule has 1 heterocycles. The highest BCUT2D eigenvalue weighted by atomic mass is 35.5. The first-order valence-electron chi connectivity index (χ1n) is 11.6. The molecule has 192 valence electrons. The van der Waals surface area contributed by atoms with E-state index in [1.807, 2.05) is 19.1 Å². The smallest absolute Gasteiger partial charge is 0.247 e. The number of aromatic nitrogens is 2. The van der Waals surface area contributed by atoms with Crippen molar-refractivity contribution in [1.29, 1.82) is 0 Å². The number of nitrogen functional groups attached to an aromatic ring is 1. The highest BCUT2D eigenvalue weighted by Gasteiger charge is 2.13. The van der Waals surface area contributed by atoms with Gasteiger partial charge in [0.2, 0.25) is 11.0 Å². The molecule has 9 nitrogen and oxygen atoms in total. The lowest BCUT2D eigenvalue weighted by atomic mass is 9.99. The van der Waals surface area contributed by atoms with Crippen LogP contribution in [-0.2, 0) is 11.2 Å². The number of carbonyl (C=O) groups is 1. The zero-order valence-electron chi connectivity index (χ0n) is 20.5. The lowest BCUT2D eigenvalue weighted by Gasteiger charge is -2.15. The summed E-state index contributed by atoms with van der Waals surface area (Å²) in [6, 6.07) is 11.5. The second kappa shape index (κ2) is 13.6. The van der Waals surface area contributed by atoms with Crippen molar-refractivity contribution in [3.8, 4) is 17.2 Å². The zero-order valence-corrected chi connectivity index (χ0v) is 22.1. The minimum atomic E-state index is -0.340. The van der Waals surface area contributed by atoms with Gasteiger partial charge in [0.15, 0.2) is 11.5 Å². The molecule has 3 N–H and O–H groups in total. The van der Waals surface area contributed by atoms with Crippen molar-refractivity contribution >= 4 is 40.2 Å². The van der Waals surface area contributed by atoms with E-state index in [4.69, 9.17) is 31.5 Å². The Hall–Kier alpha value is -3.37. The summed E-state index contributed by atoms with van der Waals surface area (Å²) in [7, 11) is 0. The van der Waals surface area contributed by atoms with E-state index >= 15 is 0 Å². The molecule has 0 spiro atoms. The van der Waals surface area contributed by atoms with Crippen molar-refractivity contribution in [2.45, 2.75) is 39.5 Å². The maximum absolute atomic E-state index is 12.0. The summed E-state index contributed by atoms with van der Waals surface area (Å²) < 4.78 is 17.4. The Morgan fingerprint density at radius 3 is 2.58 bits per heavy atom. The lowest BCUT2D eigenvalue weighted by Crippen LogP contribution is -2.19. The summed E-state index contributed by atoms with van der Waals surface area (Å²) in [5.74, 6) is 1.86. The van der Waals surface area contributed by atoms with Crippen LogP contribution in [0.25, 0.3) is 0 Å². The number of hydrazone groups is 1. The average Bonchev–Trinajstić information content (AvgIpc) is 3.27. The van der Waals surface area contributed by atoms with Gasteiger partial charge in [0.1, 0.15) is 24.0 Å². The Labute approximate surface area is 219 Å². The molecule has 2 aromatic carbocycles. The van der Waals surface area contributed by atoms with Crippen molar-refractivity contribution in [2.24, 2.45) is 5.10 Å². The monoisotopic (exact) mass is 531 g/mol. The van der Waals surface area contributed by atoms with Gasteiger partial charge in [-0.2, -0.15) is 5.10 Å². The SMILES string of the molecule is CCOc1cc(/C=N\NC(=O)Cc2nnc(N)s2)cc(Cl)c1OCCOc1ccc([C@@H](C)CC)cc1. The molecule has 11 heteroatoms. The highest BCUT2D eigenvalue weighted by Crippen LogP contribution is 2.36. The van der Waals surface area contributed by atoms with Crippen LogP contribution >= 0.6 is 22.9 Å². The number of nitrogens with two attached hydrogens (primary N) is 1. The molecular formula is C25H30ClN5O4S. The fraction of sp³-hybridized carbons (Fsp3) is 0.360. The molecule has 0 aliphatic rings. The van der Waals surface area contributed by atoms with Crippen LogP contribution < -0.4 is 25.4 Å². The van der Waals surface area contributed by atoms with E-state index in [0.717, 1.165) is 23.5 Å². The Bertz CT molecular complexity index is 1170. The number of rotatable bonds is 13. The molecule has 0 unspecified atom stereocenters. The van der Waals surface area contributed by atoms with E-state index in [1.165, 1.54) is 11.8 Å². The van der Waals surface area contributed by atoms with E-state index in [2.05, 4.69) is 46.7 Å². The van der Waals surface area contributed by atoms with Crippen LogP contribution in [0.1, 0.15) is 49.2 Å². The van der Waals surface area contributed by atoms with Crippen molar-refractivity contribution in [3.05, 3.63) is 57.6 Å². The number of benzene rings is 2. The molecule has 0 bridgehead atoms. The molecule has 36 heavy (non-hydrogen) atoms. The van der Waals surface area contributed by atoms with Crippen LogP contribution in [0.15, 0.2) is 41.5 Å². The third-order valence-corrected chi connectivity index (χ3v) is 6.22. The second-order valence-electron chi connectivity index (χ2n) is 7.84. The normalized spacial score (nSPS) is 11.9. The third kappa shape index (κ3) is 8.10. The van der Waals surface area contributed by atoms with Crippen LogP contribution in [0, 0.1) is 0 Å². The van der Waals surface area contributed by atoms with Gasteiger partial charge in [-0.05, 0) is 54.7 Å². The summed E-state index contributed by atoms with van der Waals surface area (Å²) in [6.45, 7) is 7.30. The van der Waals surface area contributed by atoms with E-state index in [1.54, 1.807) is 12.1 Å². The second-order valence-corrected chi connectivity index (χ2v) is 9.34. The summed E-state index contributed by atoms with van der Waals surface area (Å²) in [6.07, 6.45) is 2.60. The Morgan fingerprint density at radius 1 is 1.17 bits per heavy atom. The molecular weight excluding hydrogens is 502 g/mol. The number of anilines is 1. The maximum atomic E-state index is 12.0. The van der Waals surface area contributed by atoms with Crippen LogP contribution in [0.4, 0.5) is 5.13 Å². The number of halogens is 1.